The number of aliphatic carboxylic acids is 1. The molecule has 0 aliphatic carbocycles. The molecule has 0 heterocycles. The first-order chi connectivity index (χ1) is 16.1. The number of carbonyl (C=O) groups is 2. The van der Waals surface area contributed by atoms with Gasteiger partial charge in [0, 0.05) is 0 Å². The van der Waals surface area contributed by atoms with Gasteiger partial charge in [-0.3, -0.25) is 18.6 Å². The Morgan fingerprint density at radius 2 is 1.40 bits per heavy atom. The number of hydrogen-bond acceptors (Lipinski definition) is 7. The summed E-state index contributed by atoms with van der Waals surface area (Å²) in [6, 6.07) is 15.6. The minimum Gasteiger partial charge on any atom is -0.481 e. The van der Waals surface area contributed by atoms with Crippen LogP contribution in [0.5, 0.6) is 5.75 Å². The van der Waals surface area contributed by atoms with E-state index in [9.17, 15) is 19.3 Å². The van der Waals surface area contributed by atoms with Crippen LogP contribution in [0.4, 0.5) is 0 Å². The summed E-state index contributed by atoms with van der Waals surface area (Å²) in [6.07, 6.45) is -0.140. The molecule has 8 nitrogen and oxygen atoms in total. The lowest BCUT2D eigenvalue weighted by atomic mass is 9.96. The molecule has 192 valence electrons. The van der Waals surface area contributed by atoms with Gasteiger partial charge in [0.2, 0.25) is 0 Å². The molecular weight excluding hydrogens is 471 g/mol. The van der Waals surface area contributed by atoms with Crippen molar-refractivity contribution < 1.29 is 37.6 Å². The molecule has 0 aromatic heterocycles. The van der Waals surface area contributed by atoms with E-state index in [0.717, 1.165) is 5.56 Å². The predicted molar refractivity (Wildman–Crippen MR) is 132 cm³/mol. The summed E-state index contributed by atoms with van der Waals surface area (Å²) in [6.45, 7) is 10.6. The fourth-order valence-corrected chi connectivity index (χ4v) is 4.91. The smallest absolute Gasteiger partial charge is 0.481 e. The number of phosphoric ester groups is 1. The number of carboxylic acid groups (broad SMARTS) is 1. The normalized spacial score (nSPS) is 13.2. The van der Waals surface area contributed by atoms with E-state index < -0.39 is 36.9 Å². The average molecular weight is 507 g/mol. The first-order valence-corrected chi connectivity index (χ1v) is 12.8. The van der Waals surface area contributed by atoms with Crippen molar-refractivity contribution in [2.24, 2.45) is 5.92 Å². The third-order valence-corrected chi connectivity index (χ3v) is 6.38. The second kappa shape index (κ2) is 11.8. The molecule has 0 radical (unpaired) electrons. The van der Waals surface area contributed by atoms with Gasteiger partial charge >= 0.3 is 19.8 Å². The number of carboxylic acids is 1. The summed E-state index contributed by atoms with van der Waals surface area (Å²) in [4.78, 5) is 23.9. The minimum atomic E-state index is -3.95. The fourth-order valence-electron chi connectivity index (χ4n) is 3.07. The van der Waals surface area contributed by atoms with Crippen LogP contribution in [-0.2, 0) is 41.0 Å². The van der Waals surface area contributed by atoms with Gasteiger partial charge in [-0.05, 0) is 71.2 Å². The number of hydrogen-bond donors (Lipinski definition) is 1. The number of benzene rings is 2. The topological polar surface area (TPSA) is 108 Å². The highest BCUT2D eigenvalue weighted by atomic mass is 31.2. The summed E-state index contributed by atoms with van der Waals surface area (Å²) in [5, 5.41) is 9.59. The number of carbonyl (C=O) groups excluding carboxylic acids is 1. The molecule has 0 bridgehead atoms. The molecule has 0 spiro atoms. The van der Waals surface area contributed by atoms with E-state index in [2.05, 4.69) is 0 Å². The van der Waals surface area contributed by atoms with Crippen molar-refractivity contribution in [3.8, 4) is 5.75 Å². The number of rotatable bonds is 11. The van der Waals surface area contributed by atoms with Crippen molar-refractivity contribution in [2.75, 3.05) is 0 Å². The first kappa shape index (κ1) is 28.6. The largest absolute Gasteiger partial charge is 0.531 e. The molecule has 0 unspecified atom stereocenters. The van der Waals surface area contributed by atoms with Crippen molar-refractivity contribution in [1.82, 2.24) is 0 Å². The van der Waals surface area contributed by atoms with Gasteiger partial charge in [-0.1, -0.05) is 42.5 Å². The Kier molecular flexibility index (Phi) is 9.67. The molecule has 0 amide bonds. The lowest BCUT2D eigenvalue weighted by molar-refractivity contribution is -0.152. The second-order valence-electron chi connectivity index (χ2n) is 10.2. The van der Waals surface area contributed by atoms with Gasteiger partial charge < -0.3 is 14.4 Å². The molecule has 0 aliphatic heterocycles. The van der Waals surface area contributed by atoms with E-state index in [1.807, 2.05) is 30.3 Å². The summed E-state index contributed by atoms with van der Waals surface area (Å²) < 4.78 is 35.3. The SMILES string of the molecule is CC(C)(C)OP(=O)(Oc1ccc(C[C@H](CC(=O)OCc2ccccc2)C(=O)O)cc1)OC(C)(C)C. The lowest BCUT2D eigenvalue weighted by Crippen LogP contribution is -2.25. The molecule has 2 aromatic carbocycles. The van der Waals surface area contributed by atoms with Crippen molar-refractivity contribution in [1.29, 1.82) is 0 Å². The number of ether oxygens (including phenoxy) is 1. The van der Waals surface area contributed by atoms with Gasteiger partial charge in [-0.15, -0.1) is 0 Å². The van der Waals surface area contributed by atoms with Gasteiger partial charge in [0.1, 0.15) is 12.4 Å². The number of phosphoric acid groups is 1. The molecule has 35 heavy (non-hydrogen) atoms. The highest BCUT2D eigenvalue weighted by molar-refractivity contribution is 7.49. The van der Waals surface area contributed by atoms with Crippen LogP contribution < -0.4 is 4.52 Å². The highest BCUT2D eigenvalue weighted by Gasteiger charge is 2.38. The third-order valence-electron chi connectivity index (χ3n) is 4.40. The van der Waals surface area contributed by atoms with Gasteiger partial charge in [-0.25, -0.2) is 4.57 Å². The Morgan fingerprint density at radius 1 is 0.857 bits per heavy atom. The van der Waals surface area contributed by atoms with Crippen LogP contribution in [0, 0.1) is 5.92 Å². The van der Waals surface area contributed by atoms with E-state index in [1.54, 1.807) is 65.8 Å². The Labute approximate surface area is 207 Å². The predicted octanol–water partition coefficient (Wildman–Crippen LogP) is 6.18. The standard InChI is InChI=1S/C26H35O8P/c1-25(2,3)33-35(30,34-26(4,5)6)32-22-14-12-19(13-15-22)16-21(24(28)29)17-23(27)31-18-20-10-8-7-9-11-20/h7-15,21H,16-18H2,1-6H3,(H,28,29)/t21-/m1/s1. The Balaban J connectivity index is 2.03. The maximum absolute atomic E-state index is 13.3. The summed E-state index contributed by atoms with van der Waals surface area (Å²) in [5.74, 6) is -2.38. The van der Waals surface area contributed by atoms with Gasteiger partial charge in [0.25, 0.3) is 0 Å². The Bertz CT molecular complexity index is 1000. The molecular formula is C26H35O8P. The summed E-state index contributed by atoms with van der Waals surface area (Å²) in [5.41, 5.74) is -0.0508. The Hall–Kier alpha value is -2.67. The second-order valence-corrected chi connectivity index (χ2v) is 11.6. The molecule has 0 aliphatic rings. The molecule has 9 heteroatoms. The molecule has 2 rings (SSSR count). The van der Waals surface area contributed by atoms with Crippen LogP contribution >= 0.6 is 7.82 Å². The van der Waals surface area contributed by atoms with Crippen LogP contribution in [0.25, 0.3) is 0 Å². The molecule has 1 atom stereocenters. The molecule has 1 N–H and O–H groups in total. The third kappa shape index (κ3) is 11.1. The van der Waals surface area contributed by atoms with Crippen molar-refractivity contribution >= 4 is 19.8 Å². The van der Waals surface area contributed by atoms with Crippen molar-refractivity contribution in [3.63, 3.8) is 0 Å². The van der Waals surface area contributed by atoms with Crippen LogP contribution in [0.2, 0.25) is 0 Å². The molecule has 0 saturated heterocycles. The van der Waals surface area contributed by atoms with Crippen LogP contribution in [0.1, 0.15) is 59.1 Å². The van der Waals surface area contributed by atoms with E-state index in [4.69, 9.17) is 18.3 Å². The minimum absolute atomic E-state index is 0.0887. The number of esters is 1. The van der Waals surface area contributed by atoms with Crippen LogP contribution in [-0.4, -0.2) is 28.2 Å². The van der Waals surface area contributed by atoms with Crippen molar-refractivity contribution in [3.05, 3.63) is 65.7 Å². The first-order valence-electron chi connectivity index (χ1n) is 11.4. The molecule has 2 aromatic rings. The highest BCUT2D eigenvalue weighted by Crippen LogP contribution is 2.55. The van der Waals surface area contributed by atoms with Gasteiger partial charge in [-0.2, -0.15) is 0 Å². The molecule has 0 fully saturated rings. The lowest BCUT2D eigenvalue weighted by Gasteiger charge is -2.30. The fraction of sp³-hybridized carbons (Fsp3) is 0.462. The summed E-state index contributed by atoms with van der Waals surface area (Å²) >= 11 is 0. The van der Waals surface area contributed by atoms with Crippen LogP contribution in [0.15, 0.2) is 54.6 Å². The van der Waals surface area contributed by atoms with Crippen LogP contribution in [0.3, 0.4) is 0 Å². The monoisotopic (exact) mass is 506 g/mol. The summed E-state index contributed by atoms with van der Waals surface area (Å²) in [7, 11) is -3.95. The van der Waals surface area contributed by atoms with Gasteiger partial charge in [0.15, 0.2) is 0 Å². The van der Waals surface area contributed by atoms with Crippen molar-refractivity contribution in [2.45, 2.75) is 72.2 Å². The average Bonchev–Trinajstić information content (AvgIpc) is 2.70. The zero-order chi connectivity index (χ0) is 26.3. The molecule has 0 saturated carbocycles. The van der Waals surface area contributed by atoms with E-state index in [1.165, 1.54) is 0 Å². The maximum Gasteiger partial charge on any atom is 0.531 e. The zero-order valence-corrected chi connectivity index (χ0v) is 22.0. The maximum atomic E-state index is 13.3. The Morgan fingerprint density at radius 3 is 1.89 bits per heavy atom. The zero-order valence-electron chi connectivity index (χ0n) is 21.1. The van der Waals surface area contributed by atoms with E-state index >= 15 is 0 Å². The quantitative estimate of drug-likeness (QED) is 0.284. The van der Waals surface area contributed by atoms with E-state index in [-0.39, 0.29) is 25.2 Å². The van der Waals surface area contributed by atoms with E-state index in [0.29, 0.717) is 5.56 Å². The van der Waals surface area contributed by atoms with Gasteiger partial charge in [0.05, 0.1) is 23.5 Å².